The van der Waals surface area contributed by atoms with Gasteiger partial charge in [-0.25, -0.2) is 0 Å². The Labute approximate surface area is 111 Å². The third-order valence-corrected chi connectivity index (χ3v) is 3.71. The first kappa shape index (κ1) is 13.7. The van der Waals surface area contributed by atoms with Gasteiger partial charge < -0.3 is 10.6 Å². The van der Waals surface area contributed by atoms with Gasteiger partial charge in [-0.15, -0.1) is 0 Å². The Morgan fingerprint density at radius 3 is 2.44 bits per heavy atom. The summed E-state index contributed by atoms with van der Waals surface area (Å²) in [6, 6.07) is 0.887. The van der Waals surface area contributed by atoms with Crippen molar-refractivity contribution in [2.45, 2.75) is 45.1 Å². The fourth-order valence-corrected chi connectivity index (χ4v) is 2.28. The summed E-state index contributed by atoms with van der Waals surface area (Å²) in [6.07, 6.45) is 6.87. The quantitative estimate of drug-likeness (QED) is 0.507. The molecule has 0 aromatic heterocycles. The molecule has 2 rings (SSSR count). The van der Waals surface area contributed by atoms with Gasteiger partial charge >= 0.3 is 0 Å². The van der Waals surface area contributed by atoms with Gasteiger partial charge in [0, 0.05) is 39.3 Å². The first-order valence-electron chi connectivity index (χ1n) is 7.52. The second kappa shape index (κ2) is 6.98. The molecule has 4 nitrogen and oxygen atoms in total. The number of hydrogen-bond donors (Lipinski definition) is 2. The second-order valence-electron chi connectivity index (χ2n) is 5.60. The minimum Gasteiger partial charge on any atom is -0.356 e. The zero-order valence-electron chi connectivity index (χ0n) is 11.9. The SMILES string of the molecule is CCCNC(=NC)NCCN(CC1CC1)C1CC1. The molecule has 2 aliphatic rings. The van der Waals surface area contributed by atoms with Crippen molar-refractivity contribution in [3.8, 4) is 0 Å². The predicted octanol–water partition coefficient (Wildman–Crippen LogP) is 1.44. The molecule has 0 aromatic rings. The molecule has 2 fully saturated rings. The number of aliphatic imine (C=N–C) groups is 1. The molecule has 0 aromatic carbocycles. The topological polar surface area (TPSA) is 39.7 Å². The van der Waals surface area contributed by atoms with Gasteiger partial charge in [-0.2, -0.15) is 0 Å². The van der Waals surface area contributed by atoms with Gasteiger partial charge in [0.15, 0.2) is 5.96 Å². The Kier molecular flexibility index (Phi) is 5.29. The monoisotopic (exact) mass is 252 g/mol. The van der Waals surface area contributed by atoms with Gasteiger partial charge in [-0.1, -0.05) is 6.92 Å². The van der Waals surface area contributed by atoms with Crippen molar-refractivity contribution in [3.05, 3.63) is 0 Å². The van der Waals surface area contributed by atoms with Crippen LogP contribution in [-0.2, 0) is 0 Å². The highest BCUT2D eigenvalue weighted by atomic mass is 15.2. The Bertz CT molecular complexity index is 269. The first-order valence-corrected chi connectivity index (χ1v) is 7.52. The number of hydrogen-bond acceptors (Lipinski definition) is 2. The third kappa shape index (κ3) is 4.84. The lowest BCUT2D eigenvalue weighted by atomic mass is 10.3. The van der Waals surface area contributed by atoms with Crippen LogP contribution in [-0.4, -0.2) is 50.1 Å². The van der Waals surface area contributed by atoms with E-state index in [-0.39, 0.29) is 0 Å². The van der Waals surface area contributed by atoms with E-state index in [1.165, 1.54) is 32.2 Å². The van der Waals surface area contributed by atoms with E-state index in [1.807, 2.05) is 7.05 Å². The second-order valence-corrected chi connectivity index (χ2v) is 5.60. The van der Waals surface area contributed by atoms with E-state index in [1.54, 1.807) is 0 Å². The number of nitrogens with one attached hydrogen (secondary N) is 2. The average molecular weight is 252 g/mol. The Balaban J connectivity index is 1.62. The first-order chi connectivity index (χ1) is 8.83. The van der Waals surface area contributed by atoms with E-state index in [4.69, 9.17) is 0 Å². The van der Waals surface area contributed by atoms with Gasteiger partial charge in [0.1, 0.15) is 0 Å². The smallest absolute Gasteiger partial charge is 0.191 e. The summed E-state index contributed by atoms with van der Waals surface area (Å²) in [5.74, 6) is 1.95. The lowest BCUT2D eigenvalue weighted by Gasteiger charge is -2.22. The summed E-state index contributed by atoms with van der Waals surface area (Å²) in [5, 5.41) is 6.72. The maximum Gasteiger partial charge on any atom is 0.191 e. The highest BCUT2D eigenvalue weighted by molar-refractivity contribution is 5.79. The van der Waals surface area contributed by atoms with Crippen LogP contribution in [0.5, 0.6) is 0 Å². The molecule has 18 heavy (non-hydrogen) atoms. The summed E-state index contributed by atoms with van der Waals surface area (Å²) < 4.78 is 0. The van der Waals surface area contributed by atoms with Crippen molar-refractivity contribution in [1.82, 2.24) is 15.5 Å². The average Bonchev–Trinajstić information content (AvgIpc) is 3.25. The maximum atomic E-state index is 4.23. The van der Waals surface area contributed by atoms with Gasteiger partial charge in [0.25, 0.3) is 0 Å². The van der Waals surface area contributed by atoms with Crippen LogP contribution in [0.15, 0.2) is 4.99 Å². The molecule has 0 aliphatic heterocycles. The van der Waals surface area contributed by atoms with E-state index in [0.29, 0.717) is 0 Å². The Morgan fingerprint density at radius 2 is 1.89 bits per heavy atom. The van der Waals surface area contributed by atoms with Crippen LogP contribution >= 0.6 is 0 Å². The molecule has 0 saturated heterocycles. The molecule has 0 bridgehead atoms. The van der Waals surface area contributed by atoms with E-state index in [0.717, 1.165) is 44.0 Å². The lowest BCUT2D eigenvalue weighted by Crippen LogP contribution is -2.42. The molecule has 2 aliphatic carbocycles. The fourth-order valence-electron chi connectivity index (χ4n) is 2.28. The van der Waals surface area contributed by atoms with Crippen LogP contribution < -0.4 is 10.6 Å². The lowest BCUT2D eigenvalue weighted by molar-refractivity contribution is 0.256. The summed E-state index contributed by atoms with van der Waals surface area (Å²) in [7, 11) is 1.84. The standard InChI is InChI=1S/C14H28N4/c1-3-8-16-14(15-2)17-9-10-18(13-6-7-13)11-12-4-5-12/h12-13H,3-11H2,1-2H3,(H2,15,16,17). The molecule has 2 N–H and O–H groups in total. The number of nitrogens with zero attached hydrogens (tertiary/aromatic N) is 2. The molecule has 0 spiro atoms. The molecule has 0 atom stereocenters. The minimum atomic E-state index is 0.887. The molecule has 104 valence electrons. The van der Waals surface area contributed by atoms with Crippen molar-refractivity contribution < 1.29 is 0 Å². The molecule has 0 amide bonds. The zero-order valence-corrected chi connectivity index (χ0v) is 11.9. The molecular formula is C14H28N4. The zero-order chi connectivity index (χ0) is 12.8. The van der Waals surface area contributed by atoms with Gasteiger partial charge in [-0.05, 0) is 38.0 Å². The minimum absolute atomic E-state index is 0.887. The molecule has 0 radical (unpaired) electrons. The van der Waals surface area contributed by atoms with Crippen LogP contribution in [0.25, 0.3) is 0 Å². The van der Waals surface area contributed by atoms with Gasteiger partial charge in [-0.3, -0.25) is 9.89 Å². The van der Waals surface area contributed by atoms with Crippen molar-refractivity contribution in [1.29, 1.82) is 0 Å². The third-order valence-electron chi connectivity index (χ3n) is 3.71. The van der Waals surface area contributed by atoms with Gasteiger partial charge in [0.2, 0.25) is 0 Å². The normalized spacial score (nSPS) is 20.3. The number of guanidine groups is 1. The van der Waals surface area contributed by atoms with Crippen LogP contribution in [0.3, 0.4) is 0 Å². The van der Waals surface area contributed by atoms with E-state index >= 15 is 0 Å². The predicted molar refractivity (Wildman–Crippen MR) is 77.0 cm³/mol. The molecule has 0 unspecified atom stereocenters. The van der Waals surface area contributed by atoms with E-state index in [9.17, 15) is 0 Å². The number of rotatable bonds is 8. The fraction of sp³-hybridized carbons (Fsp3) is 0.929. The summed E-state index contributed by atoms with van der Waals surface area (Å²) in [6.45, 7) is 6.66. The van der Waals surface area contributed by atoms with Crippen molar-refractivity contribution in [2.24, 2.45) is 10.9 Å². The van der Waals surface area contributed by atoms with Crippen molar-refractivity contribution in [3.63, 3.8) is 0 Å². The molecular weight excluding hydrogens is 224 g/mol. The maximum absolute atomic E-state index is 4.23. The van der Waals surface area contributed by atoms with Crippen LogP contribution in [0.1, 0.15) is 39.0 Å². The van der Waals surface area contributed by atoms with Crippen molar-refractivity contribution >= 4 is 5.96 Å². The van der Waals surface area contributed by atoms with Gasteiger partial charge in [0.05, 0.1) is 0 Å². The highest BCUT2D eigenvalue weighted by Crippen LogP contribution is 2.34. The molecule has 0 heterocycles. The van der Waals surface area contributed by atoms with E-state index in [2.05, 4.69) is 27.4 Å². The highest BCUT2D eigenvalue weighted by Gasteiger charge is 2.33. The molecule has 2 saturated carbocycles. The van der Waals surface area contributed by atoms with Crippen molar-refractivity contribution in [2.75, 3.05) is 33.2 Å². The Morgan fingerprint density at radius 1 is 1.17 bits per heavy atom. The summed E-state index contributed by atoms with van der Waals surface area (Å²) in [4.78, 5) is 6.91. The summed E-state index contributed by atoms with van der Waals surface area (Å²) >= 11 is 0. The van der Waals surface area contributed by atoms with Crippen LogP contribution in [0.4, 0.5) is 0 Å². The van der Waals surface area contributed by atoms with Crippen LogP contribution in [0, 0.1) is 5.92 Å². The largest absolute Gasteiger partial charge is 0.356 e. The van der Waals surface area contributed by atoms with E-state index < -0.39 is 0 Å². The Hall–Kier alpha value is -0.770. The summed E-state index contributed by atoms with van der Waals surface area (Å²) in [5.41, 5.74) is 0. The molecule has 4 heteroatoms. The van der Waals surface area contributed by atoms with Crippen LogP contribution in [0.2, 0.25) is 0 Å².